The van der Waals surface area contributed by atoms with Crippen LogP contribution in [0, 0.1) is 5.92 Å². The van der Waals surface area contributed by atoms with Crippen LogP contribution in [0.2, 0.25) is 18.1 Å². The molecule has 0 spiro atoms. The van der Waals surface area contributed by atoms with Gasteiger partial charge in [-0.25, -0.2) is 0 Å². The molecule has 0 heterocycles. The van der Waals surface area contributed by atoms with Crippen molar-refractivity contribution < 1.29 is 9.16 Å². The van der Waals surface area contributed by atoms with Crippen molar-refractivity contribution in [1.29, 1.82) is 0 Å². The lowest BCUT2D eigenvalue weighted by molar-refractivity contribution is 0.0735. The first kappa shape index (κ1) is 16.1. The van der Waals surface area contributed by atoms with E-state index in [-0.39, 0.29) is 0 Å². The van der Waals surface area contributed by atoms with Gasteiger partial charge in [-0.2, -0.15) is 0 Å². The lowest BCUT2D eigenvalue weighted by Gasteiger charge is -2.36. The minimum atomic E-state index is -1.57. The first-order valence-electron chi connectivity index (χ1n) is 6.42. The maximum Gasteiger partial charge on any atom is 0.192 e. The zero-order chi connectivity index (χ0) is 12.8. The maximum atomic E-state index is 6.02. The van der Waals surface area contributed by atoms with E-state index in [9.17, 15) is 0 Å². The molecule has 0 saturated carbocycles. The standard InChI is InChI=1S/C13H30O2Si/c1-8-12(2)11-14-9-10-15-16(6,7)13(3,4)5/h12H,8-11H2,1-7H3. The fraction of sp³-hybridized carbons (Fsp3) is 1.00. The summed E-state index contributed by atoms with van der Waals surface area (Å²) in [6.45, 7) is 18.1. The Labute approximate surface area is 103 Å². The summed E-state index contributed by atoms with van der Waals surface area (Å²) in [5.74, 6) is 0.660. The van der Waals surface area contributed by atoms with Crippen molar-refractivity contribution in [3.05, 3.63) is 0 Å². The molecule has 0 aromatic rings. The second-order valence-corrected chi connectivity index (χ2v) is 11.0. The lowest BCUT2D eigenvalue weighted by Crippen LogP contribution is -2.41. The molecule has 0 bridgehead atoms. The highest BCUT2D eigenvalue weighted by Crippen LogP contribution is 2.36. The van der Waals surface area contributed by atoms with Crippen LogP contribution in [0.15, 0.2) is 0 Å². The van der Waals surface area contributed by atoms with E-state index < -0.39 is 8.32 Å². The van der Waals surface area contributed by atoms with Gasteiger partial charge in [0.25, 0.3) is 0 Å². The highest BCUT2D eigenvalue weighted by atomic mass is 28.4. The van der Waals surface area contributed by atoms with E-state index in [1.807, 2.05) is 0 Å². The number of rotatable bonds is 7. The second kappa shape index (κ2) is 6.77. The lowest BCUT2D eigenvalue weighted by atomic mass is 10.1. The van der Waals surface area contributed by atoms with Crippen LogP contribution in [0.3, 0.4) is 0 Å². The van der Waals surface area contributed by atoms with Gasteiger partial charge in [-0.3, -0.25) is 0 Å². The Morgan fingerprint density at radius 2 is 1.69 bits per heavy atom. The van der Waals surface area contributed by atoms with Crippen LogP contribution in [-0.2, 0) is 9.16 Å². The smallest absolute Gasteiger partial charge is 0.192 e. The van der Waals surface area contributed by atoms with Crippen molar-refractivity contribution >= 4 is 8.32 Å². The van der Waals surface area contributed by atoms with E-state index >= 15 is 0 Å². The van der Waals surface area contributed by atoms with Crippen LogP contribution < -0.4 is 0 Å². The third kappa shape index (κ3) is 6.02. The highest BCUT2D eigenvalue weighted by Gasteiger charge is 2.36. The molecule has 0 aliphatic rings. The molecule has 1 atom stereocenters. The molecule has 0 aromatic carbocycles. The van der Waals surface area contributed by atoms with Gasteiger partial charge in [-0.1, -0.05) is 41.0 Å². The van der Waals surface area contributed by atoms with Gasteiger partial charge < -0.3 is 9.16 Å². The summed E-state index contributed by atoms with van der Waals surface area (Å²) in [5.41, 5.74) is 0. The van der Waals surface area contributed by atoms with Crippen LogP contribution >= 0.6 is 0 Å². The third-order valence-electron chi connectivity index (χ3n) is 3.60. The Morgan fingerprint density at radius 1 is 1.12 bits per heavy atom. The largest absolute Gasteiger partial charge is 0.414 e. The van der Waals surface area contributed by atoms with Crippen molar-refractivity contribution in [3.8, 4) is 0 Å². The molecule has 3 heteroatoms. The van der Waals surface area contributed by atoms with E-state index in [0.29, 0.717) is 11.0 Å². The van der Waals surface area contributed by atoms with Gasteiger partial charge in [0.2, 0.25) is 0 Å². The van der Waals surface area contributed by atoms with Crippen LogP contribution in [-0.4, -0.2) is 28.1 Å². The summed E-state index contributed by atoms with van der Waals surface area (Å²) in [7, 11) is -1.57. The Hall–Kier alpha value is 0.137. The van der Waals surface area contributed by atoms with Crippen LogP contribution in [0.25, 0.3) is 0 Å². The van der Waals surface area contributed by atoms with Crippen molar-refractivity contribution in [3.63, 3.8) is 0 Å². The number of hydrogen-bond donors (Lipinski definition) is 0. The van der Waals surface area contributed by atoms with Crippen LogP contribution in [0.1, 0.15) is 41.0 Å². The molecule has 98 valence electrons. The van der Waals surface area contributed by atoms with Crippen molar-refractivity contribution in [2.45, 2.75) is 59.2 Å². The molecule has 0 aliphatic carbocycles. The van der Waals surface area contributed by atoms with Gasteiger partial charge in [0.1, 0.15) is 0 Å². The quantitative estimate of drug-likeness (QED) is 0.498. The predicted molar refractivity (Wildman–Crippen MR) is 73.4 cm³/mol. The Balaban J connectivity index is 3.67. The molecule has 0 amide bonds. The Bertz CT molecular complexity index is 185. The Kier molecular flexibility index (Phi) is 6.83. The molecule has 0 N–H and O–H groups in total. The molecule has 2 nitrogen and oxygen atoms in total. The minimum absolute atomic E-state index is 0.295. The van der Waals surface area contributed by atoms with Gasteiger partial charge in [0.05, 0.1) is 13.2 Å². The third-order valence-corrected chi connectivity index (χ3v) is 8.13. The topological polar surface area (TPSA) is 18.5 Å². The Morgan fingerprint density at radius 3 is 2.12 bits per heavy atom. The van der Waals surface area contributed by atoms with Gasteiger partial charge in [-0.15, -0.1) is 0 Å². The van der Waals surface area contributed by atoms with Gasteiger partial charge in [0.15, 0.2) is 8.32 Å². The average molecular weight is 246 g/mol. The normalized spacial score (nSPS) is 15.2. The summed E-state index contributed by atoms with van der Waals surface area (Å²) in [6, 6.07) is 0. The van der Waals surface area contributed by atoms with Crippen LogP contribution in [0.4, 0.5) is 0 Å². The molecule has 0 aromatic heterocycles. The highest BCUT2D eigenvalue weighted by molar-refractivity contribution is 6.74. The number of ether oxygens (including phenoxy) is 1. The first-order valence-corrected chi connectivity index (χ1v) is 9.33. The summed E-state index contributed by atoms with van der Waals surface area (Å²) < 4.78 is 11.6. The average Bonchev–Trinajstić information content (AvgIpc) is 2.15. The maximum absolute atomic E-state index is 6.02. The molecule has 1 unspecified atom stereocenters. The monoisotopic (exact) mass is 246 g/mol. The summed E-state index contributed by atoms with van der Waals surface area (Å²) in [5, 5.41) is 0.295. The van der Waals surface area contributed by atoms with Gasteiger partial charge in [-0.05, 0) is 24.1 Å². The number of hydrogen-bond acceptors (Lipinski definition) is 2. The first-order chi connectivity index (χ1) is 7.20. The summed E-state index contributed by atoms with van der Waals surface area (Å²) >= 11 is 0. The van der Waals surface area contributed by atoms with Crippen molar-refractivity contribution in [2.75, 3.05) is 19.8 Å². The zero-order valence-corrected chi connectivity index (χ0v) is 13.2. The van der Waals surface area contributed by atoms with E-state index in [1.165, 1.54) is 6.42 Å². The van der Waals surface area contributed by atoms with Gasteiger partial charge >= 0.3 is 0 Å². The fourth-order valence-corrected chi connectivity index (χ4v) is 2.00. The van der Waals surface area contributed by atoms with E-state index in [1.54, 1.807) is 0 Å². The minimum Gasteiger partial charge on any atom is -0.414 e. The van der Waals surface area contributed by atoms with E-state index in [2.05, 4.69) is 47.7 Å². The predicted octanol–water partition coefficient (Wildman–Crippen LogP) is 4.07. The molecule has 0 saturated heterocycles. The van der Waals surface area contributed by atoms with Crippen LogP contribution in [0.5, 0.6) is 0 Å². The van der Waals surface area contributed by atoms with Crippen molar-refractivity contribution in [2.24, 2.45) is 5.92 Å². The second-order valence-electron chi connectivity index (χ2n) is 6.20. The molecule has 0 rings (SSSR count). The van der Waals surface area contributed by atoms with Crippen molar-refractivity contribution in [1.82, 2.24) is 0 Å². The van der Waals surface area contributed by atoms with E-state index in [0.717, 1.165) is 19.8 Å². The summed E-state index contributed by atoms with van der Waals surface area (Å²) in [4.78, 5) is 0. The molecule has 0 radical (unpaired) electrons. The molecule has 0 fully saturated rings. The molecule has 0 aliphatic heterocycles. The molecular weight excluding hydrogens is 216 g/mol. The molecular formula is C13H30O2Si. The molecule has 16 heavy (non-hydrogen) atoms. The zero-order valence-electron chi connectivity index (χ0n) is 12.2. The SMILES string of the molecule is CCC(C)COCCO[Si](C)(C)C(C)(C)C. The summed E-state index contributed by atoms with van der Waals surface area (Å²) in [6.07, 6.45) is 1.18. The fourth-order valence-electron chi connectivity index (χ4n) is 0.975. The van der Waals surface area contributed by atoms with E-state index in [4.69, 9.17) is 9.16 Å². The van der Waals surface area contributed by atoms with Gasteiger partial charge in [0, 0.05) is 6.61 Å².